The first-order valence-electron chi connectivity index (χ1n) is 5.18. The minimum absolute atomic E-state index is 0.303. The van der Waals surface area contributed by atoms with E-state index in [0.29, 0.717) is 26.4 Å². The molecule has 1 aromatic carbocycles. The summed E-state index contributed by atoms with van der Waals surface area (Å²) < 4.78 is 12.5. The molecule has 2 nitrogen and oxygen atoms in total. The van der Waals surface area contributed by atoms with Crippen molar-refractivity contribution in [1.82, 2.24) is 0 Å². The van der Waals surface area contributed by atoms with E-state index in [0.717, 1.165) is 20.1 Å². The Morgan fingerprint density at radius 3 is 1.61 bits per heavy atom. The SMILES string of the molecule is C#CCOCc1cc(Br)c(COCC#C)cc1Br. The molecule has 0 unspecified atom stereocenters. The summed E-state index contributed by atoms with van der Waals surface area (Å²) in [6, 6.07) is 3.96. The Kier molecular flexibility index (Phi) is 7.08. The van der Waals surface area contributed by atoms with Crippen molar-refractivity contribution in [3.05, 3.63) is 32.2 Å². The third-order valence-corrected chi connectivity index (χ3v) is 3.58. The van der Waals surface area contributed by atoms with Crippen LogP contribution in [0.25, 0.3) is 0 Å². The average molecular weight is 372 g/mol. The fourth-order valence-corrected chi connectivity index (χ4v) is 2.30. The van der Waals surface area contributed by atoms with Gasteiger partial charge in [-0.05, 0) is 23.3 Å². The van der Waals surface area contributed by atoms with E-state index in [1.165, 1.54) is 0 Å². The maximum atomic E-state index is 5.30. The highest BCUT2D eigenvalue weighted by Gasteiger charge is 2.07. The van der Waals surface area contributed by atoms with Gasteiger partial charge in [-0.3, -0.25) is 0 Å². The van der Waals surface area contributed by atoms with Crippen molar-refractivity contribution in [3.8, 4) is 24.7 Å². The fourth-order valence-electron chi connectivity index (χ4n) is 1.29. The summed E-state index contributed by atoms with van der Waals surface area (Å²) in [5, 5.41) is 0. The summed E-state index contributed by atoms with van der Waals surface area (Å²) in [6.45, 7) is 1.54. The maximum absolute atomic E-state index is 5.30. The van der Waals surface area contributed by atoms with Gasteiger partial charge in [0.2, 0.25) is 0 Å². The van der Waals surface area contributed by atoms with Crippen LogP contribution in [-0.4, -0.2) is 13.2 Å². The molecule has 94 valence electrons. The Bertz CT molecular complexity index is 438. The molecule has 0 saturated heterocycles. The second-order valence-corrected chi connectivity index (χ2v) is 5.14. The van der Waals surface area contributed by atoms with Crippen LogP contribution in [0.2, 0.25) is 0 Å². The first kappa shape index (κ1) is 15.3. The summed E-state index contributed by atoms with van der Waals surface area (Å²) in [5.74, 6) is 4.86. The molecule has 0 aliphatic carbocycles. The van der Waals surface area contributed by atoms with Crippen molar-refractivity contribution in [2.24, 2.45) is 0 Å². The summed E-state index contributed by atoms with van der Waals surface area (Å²) in [6.07, 6.45) is 10.2. The number of hydrogen-bond acceptors (Lipinski definition) is 2. The van der Waals surface area contributed by atoms with E-state index in [1.807, 2.05) is 12.1 Å². The summed E-state index contributed by atoms with van der Waals surface area (Å²) >= 11 is 6.99. The van der Waals surface area contributed by atoms with E-state index in [1.54, 1.807) is 0 Å². The van der Waals surface area contributed by atoms with E-state index in [4.69, 9.17) is 22.3 Å². The van der Waals surface area contributed by atoms with Crippen LogP contribution in [0.1, 0.15) is 11.1 Å². The Hall–Kier alpha value is -0.780. The third-order valence-electron chi connectivity index (χ3n) is 2.10. The largest absolute Gasteiger partial charge is 0.364 e. The molecule has 0 heterocycles. The first-order chi connectivity index (χ1) is 8.69. The smallest absolute Gasteiger partial charge is 0.107 e. The molecule has 0 saturated carbocycles. The van der Waals surface area contributed by atoms with Crippen LogP contribution in [0.4, 0.5) is 0 Å². The number of halogens is 2. The van der Waals surface area contributed by atoms with Crippen LogP contribution < -0.4 is 0 Å². The lowest BCUT2D eigenvalue weighted by molar-refractivity contribution is 0.150. The molecule has 18 heavy (non-hydrogen) atoms. The molecule has 0 radical (unpaired) electrons. The molecule has 0 aliphatic heterocycles. The second kappa shape index (κ2) is 8.34. The Morgan fingerprint density at radius 2 is 1.28 bits per heavy atom. The lowest BCUT2D eigenvalue weighted by atomic mass is 10.1. The third kappa shape index (κ3) is 4.84. The van der Waals surface area contributed by atoms with Crippen LogP contribution >= 0.6 is 31.9 Å². The number of hydrogen-bond donors (Lipinski definition) is 0. The normalized spacial score (nSPS) is 9.78. The Balaban J connectivity index is 2.71. The maximum Gasteiger partial charge on any atom is 0.107 e. The highest BCUT2D eigenvalue weighted by Crippen LogP contribution is 2.27. The molecular weight excluding hydrogens is 360 g/mol. The molecule has 0 bridgehead atoms. The van der Waals surface area contributed by atoms with Gasteiger partial charge < -0.3 is 9.47 Å². The van der Waals surface area contributed by atoms with Gasteiger partial charge in [-0.25, -0.2) is 0 Å². The fraction of sp³-hybridized carbons (Fsp3) is 0.286. The van der Waals surface area contributed by atoms with Gasteiger partial charge in [-0.15, -0.1) is 12.8 Å². The monoisotopic (exact) mass is 370 g/mol. The van der Waals surface area contributed by atoms with Gasteiger partial charge in [0.25, 0.3) is 0 Å². The molecule has 0 aliphatic rings. The van der Waals surface area contributed by atoms with E-state index in [-0.39, 0.29) is 0 Å². The van der Waals surface area contributed by atoms with Gasteiger partial charge in [0.15, 0.2) is 0 Å². The van der Waals surface area contributed by atoms with Gasteiger partial charge in [0, 0.05) is 8.95 Å². The van der Waals surface area contributed by atoms with Crippen molar-refractivity contribution in [1.29, 1.82) is 0 Å². The van der Waals surface area contributed by atoms with E-state index < -0.39 is 0 Å². The van der Waals surface area contributed by atoms with E-state index in [9.17, 15) is 0 Å². The van der Waals surface area contributed by atoms with Gasteiger partial charge in [-0.2, -0.15) is 0 Å². The van der Waals surface area contributed by atoms with E-state index in [2.05, 4.69) is 43.7 Å². The van der Waals surface area contributed by atoms with Gasteiger partial charge in [0.1, 0.15) is 13.2 Å². The summed E-state index contributed by atoms with van der Waals surface area (Å²) in [7, 11) is 0. The number of benzene rings is 1. The van der Waals surface area contributed by atoms with E-state index >= 15 is 0 Å². The number of ether oxygens (including phenoxy) is 2. The zero-order chi connectivity index (χ0) is 13.4. The van der Waals surface area contributed by atoms with Gasteiger partial charge >= 0.3 is 0 Å². The zero-order valence-corrected chi connectivity index (χ0v) is 12.9. The summed E-state index contributed by atoms with van der Waals surface area (Å²) in [4.78, 5) is 0. The van der Waals surface area contributed by atoms with Gasteiger partial charge in [0.05, 0.1) is 13.2 Å². The number of rotatable bonds is 6. The first-order valence-corrected chi connectivity index (χ1v) is 6.76. The molecule has 0 aromatic heterocycles. The van der Waals surface area contributed by atoms with Crippen LogP contribution in [0, 0.1) is 24.7 Å². The number of terminal acetylenes is 2. The average Bonchev–Trinajstić information content (AvgIpc) is 2.35. The molecule has 1 aromatic rings. The lowest BCUT2D eigenvalue weighted by Crippen LogP contribution is -1.98. The van der Waals surface area contributed by atoms with Crippen LogP contribution in [-0.2, 0) is 22.7 Å². The zero-order valence-electron chi connectivity index (χ0n) is 9.71. The van der Waals surface area contributed by atoms with Crippen molar-refractivity contribution >= 4 is 31.9 Å². The second-order valence-electron chi connectivity index (χ2n) is 3.43. The van der Waals surface area contributed by atoms with Crippen LogP contribution in [0.3, 0.4) is 0 Å². The van der Waals surface area contributed by atoms with Crippen molar-refractivity contribution in [2.75, 3.05) is 13.2 Å². The minimum Gasteiger partial charge on any atom is -0.364 e. The minimum atomic E-state index is 0.303. The Morgan fingerprint density at radius 1 is 0.889 bits per heavy atom. The van der Waals surface area contributed by atoms with Crippen LogP contribution in [0.5, 0.6) is 0 Å². The van der Waals surface area contributed by atoms with Crippen molar-refractivity contribution in [2.45, 2.75) is 13.2 Å². The lowest BCUT2D eigenvalue weighted by Gasteiger charge is -2.10. The van der Waals surface area contributed by atoms with Gasteiger partial charge in [-0.1, -0.05) is 43.7 Å². The molecule has 1 rings (SSSR count). The van der Waals surface area contributed by atoms with Crippen LogP contribution in [0.15, 0.2) is 21.1 Å². The molecular formula is C14H12Br2O2. The molecule has 0 atom stereocenters. The predicted octanol–water partition coefficient (Wildman–Crippen LogP) is 3.51. The molecule has 0 spiro atoms. The topological polar surface area (TPSA) is 18.5 Å². The standard InChI is InChI=1S/C14H12Br2O2/c1-3-5-17-9-11-7-14(16)12(8-13(11)15)10-18-6-4-2/h1-2,7-8H,5-6,9-10H2. The summed E-state index contributed by atoms with van der Waals surface area (Å²) in [5.41, 5.74) is 2.05. The van der Waals surface area contributed by atoms with Crippen molar-refractivity contribution in [3.63, 3.8) is 0 Å². The molecule has 0 fully saturated rings. The molecule has 4 heteroatoms. The Labute approximate surface area is 124 Å². The molecule has 0 amide bonds. The molecule has 0 N–H and O–H groups in total. The quantitative estimate of drug-likeness (QED) is 0.562. The predicted molar refractivity (Wildman–Crippen MR) is 78.8 cm³/mol. The highest BCUT2D eigenvalue weighted by atomic mass is 79.9. The highest BCUT2D eigenvalue weighted by molar-refractivity contribution is 9.11. The van der Waals surface area contributed by atoms with Crippen molar-refractivity contribution < 1.29 is 9.47 Å².